The first-order valence-electron chi connectivity index (χ1n) is 12.7. The van der Waals surface area contributed by atoms with Gasteiger partial charge in [0.05, 0.1) is 0 Å². The van der Waals surface area contributed by atoms with Crippen LogP contribution in [0, 0.1) is 41.0 Å². The van der Waals surface area contributed by atoms with Crippen LogP contribution in [-0.4, -0.2) is 24.2 Å². The first-order chi connectivity index (χ1) is 17.7. The number of benzene rings is 3. The number of rotatable bonds is 0. The molecule has 0 unspecified atom stereocenters. The minimum Gasteiger partial charge on any atom is 0 e. The summed E-state index contributed by atoms with van der Waals surface area (Å²) in [4.78, 5) is 0. The molecule has 0 bridgehead atoms. The maximum Gasteiger partial charge on any atom is 0 e. The Hall–Kier alpha value is -2.58. The minimum atomic E-state index is -1.20. The molecule has 0 aromatic heterocycles. The van der Waals surface area contributed by atoms with Gasteiger partial charge in [0.2, 0.25) is 0 Å². The third kappa shape index (κ3) is 25.5. The van der Waals surface area contributed by atoms with Gasteiger partial charge in [0.1, 0.15) is 24.2 Å². The Labute approximate surface area is 256 Å². The normalized spacial score (nSPS) is 9.51. The van der Waals surface area contributed by atoms with Gasteiger partial charge in [-0.1, -0.05) is 131 Å². The summed E-state index contributed by atoms with van der Waals surface area (Å²) in [5.41, 5.74) is 13.4. The predicted octanol–water partition coefficient (Wildman–Crippen LogP) is 8.71. The van der Waals surface area contributed by atoms with Crippen LogP contribution in [0.3, 0.4) is 0 Å². The molecule has 3 aromatic rings. The summed E-state index contributed by atoms with van der Waals surface area (Å²) in [5, 5.41) is 0. The van der Waals surface area contributed by atoms with Crippen molar-refractivity contribution in [2.75, 3.05) is 0 Å². The number of hydrogen-bond donors (Lipinski definition) is 0. The van der Waals surface area contributed by atoms with E-state index in [2.05, 4.69) is 100.0 Å². The van der Waals surface area contributed by atoms with Gasteiger partial charge in [-0.2, -0.15) is 0 Å². The Balaban J connectivity index is 0. The number of hydrogen-bond acceptors (Lipinski definition) is 0. The Morgan fingerprint density at radius 1 is 0.410 bits per heavy atom. The second kappa shape index (κ2) is 20.3. The zero-order valence-electron chi connectivity index (χ0n) is 25.0. The van der Waals surface area contributed by atoms with Gasteiger partial charge in [-0.25, -0.2) is 0 Å². The van der Waals surface area contributed by atoms with Crippen molar-refractivity contribution in [1.29, 1.82) is 0 Å². The average molecular weight is 735 g/mol. The molecule has 3 aromatic carbocycles. The standard InChI is InChI=1S/3C11H14Si.CO.W/c3*1-12(2,3)10-9-11-7-5-4-6-8-11;1-2;/h3*4-8H,1-3H3;;. The molecule has 0 aliphatic carbocycles. The molecule has 0 fully saturated rings. The second-order valence-electron chi connectivity index (χ2n) is 11.6. The fourth-order valence-corrected chi connectivity index (χ4v) is 3.90. The van der Waals surface area contributed by atoms with Gasteiger partial charge in [0.15, 0.2) is 0 Å². The summed E-state index contributed by atoms with van der Waals surface area (Å²) in [6, 6.07) is 30.5. The van der Waals surface area contributed by atoms with Crippen LogP contribution < -0.4 is 0 Å². The second-order valence-corrected chi connectivity index (χ2v) is 25.8. The van der Waals surface area contributed by atoms with E-state index < -0.39 is 24.2 Å². The Kier molecular flexibility index (Phi) is 20.1. The molecule has 0 aliphatic heterocycles. The maximum atomic E-state index is 7.50. The van der Waals surface area contributed by atoms with E-state index in [4.69, 9.17) is 4.65 Å². The zero-order valence-corrected chi connectivity index (χ0v) is 30.9. The van der Waals surface area contributed by atoms with Crippen molar-refractivity contribution in [3.63, 3.8) is 0 Å². The van der Waals surface area contributed by atoms with Crippen LogP contribution in [0.5, 0.6) is 0 Å². The van der Waals surface area contributed by atoms with Gasteiger partial charge in [0, 0.05) is 37.8 Å². The predicted molar refractivity (Wildman–Crippen MR) is 174 cm³/mol. The molecule has 0 saturated carbocycles. The van der Waals surface area contributed by atoms with E-state index in [0.29, 0.717) is 0 Å². The molecule has 0 amide bonds. The first kappa shape index (κ1) is 38.6. The van der Waals surface area contributed by atoms with Crippen molar-refractivity contribution in [2.24, 2.45) is 0 Å². The van der Waals surface area contributed by atoms with E-state index in [1.807, 2.05) is 91.0 Å². The van der Waals surface area contributed by atoms with Crippen LogP contribution in [0.15, 0.2) is 91.0 Å². The molecule has 5 heteroatoms. The molecule has 0 heterocycles. The van der Waals surface area contributed by atoms with Crippen LogP contribution in [0.2, 0.25) is 58.9 Å². The van der Waals surface area contributed by atoms with E-state index in [0.717, 1.165) is 16.7 Å². The molecule has 0 N–H and O–H groups in total. The van der Waals surface area contributed by atoms with Crippen LogP contribution in [0.25, 0.3) is 0 Å². The van der Waals surface area contributed by atoms with Gasteiger partial charge in [-0.15, -0.1) is 16.6 Å². The van der Waals surface area contributed by atoms with Crippen molar-refractivity contribution in [3.8, 4) is 34.4 Å². The summed E-state index contributed by atoms with van der Waals surface area (Å²) >= 11 is 0. The smallest absolute Gasteiger partial charge is 0 e. The Morgan fingerprint density at radius 2 is 0.590 bits per heavy atom. The van der Waals surface area contributed by atoms with E-state index in [-0.39, 0.29) is 21.1 Å². The largest absolute Gasteiger partial charge is 0 e. The third-order valence-corrected chi connectivity index (χ3v) is 6.69. The topological polar surface area (TPSA) is 19.9 Å². The van der Waals surface area contributed by atoms with E-state index >= 15 is 0 Å². The van der Waals surface area contributed by atoms with Crippen molar-refractivity contribution >= 4 is 24.2 Å². The first-order valence-corrected chi connectivity index (χ1v) is 23.2. The quantitative estimate of drug-likeness (QED) is 0.0954. The van der Waals surface area contributed by atoms with E-state index in [9.17, 15) is 0 Å². The molecule has 0 radical (unpaired) electrons. The molecule has 0 aliphatic rings. The SMILES string of the molecule is C[Si](C)(C)C#Cc1ccccc1.C[Si](C)(C)C#Cc1ccccc1.C[Si](C)(C)C#Cc1ccccc1.[C-]#[O+].[W]. The molecule has 39 heavy (non-hydrogen) atoms. The molecular weight excluding hydrogens is 692 g/mol. The minimum absolute atomic E-state index is 0. The zero-order chi connectivity index (χ0) is 29.1. The van der Waals surface area contributed by atoms with Crippen LogP contribution in [0.1, 0.15) is 16.7 Å². The van der Waals surface area contributed by atoms with Crippen molar-refractivity contribution in [3.05, 3.63) is 114 Å². The summed E-state index contributed by atoms with van der Waals surface area (Å²) in [5.74, 6) is 9.59. The fraction of sp³-hybridized carbons (Fsp3) is 0.265. The van der Waals surface area contributed by atoms with Gasteiger partial charge < -0.3 is 0 Å². The average Bonchev–Trinajstić information content (AvgIpc) is 2.88. The Bertz CT molecular complexity index is 1100. The van der Waals surface area contributed by atoms with Gasteiger partial charge in [-0.05, 0) is 36.4 Å². The van der Waals surface area contributed by atoms with Gasteiger partial charge in [-0.3, -0.25) is 0 Å². The van der Waals surface area contributed by atoms with Crippen molar-refractivity contribution in [2.45, 2.75) is 58.9 Å². The molecule has 0 atom stereocenters. The molecule has 0 spiro atoms. The molecule has 3 rings (SSSR count). The summed E-state index contributed by atoms with van der Waals surface area (Å²) in [6.07, 6.45) is 0. The van der Waals surface area contributed by atoms with Crippen molar-refractivity contribution in [1.82, 2.24) is 0 Å². The van der Waals surface area contributed by atoms with E-state index in [1.54, 1.807) is 0 Å². The van der Waals surface area contributed by atoms with E-state index in [1.165, 1.54) is 0 Å². The van der Waals surface area contributed by atoms with Crippen LogP contribution in [0.4, 0.5) is 0 Å². The molecule has 202 valence electrons. The monoisotopic (exact) mass is 734 g/mol. The summed E-state index contributed by atoms with van der Waals surface area (Å²) in [6.45, 7) is 24.8. The third-order valence-electron chi connectivity index (χ3n) is 4.07. The fourth-order valence-electron chi connectivity index (χ4n) is 2.34. The van der Waals surface area contributed by atoms with Gasteiger partial charge in [0.25, 0.3) is 0 Å². The van der Waals surface area contributed by atoms with Crippen LogP contribution >= 0.6 is 0 Å². The molecule has 1 nitrogen and oxygen atoms in total. The summed E-state index contributed by atoms with van der Waals surface area (Å²) in [7, 11) is -3.60. The maximum absolute atomic E-state index is 7.50. The van der Waals surface area contributed by atoms with Crippen LogP contribution in [-0.2, 0) is 25.7 Å². The van der Waals surface area contributed by atoms with Crippen molar-refractivity contribution < 1.29 is 25.7 Å². The van der Waals surface area contributed by atoms with Gasteiger partial charge >= 0.3 is 11.3 Å². The molecule has 0 saturated heterocycles. The molecular formula is C34H42OSi3W. The summed E-state index contributed by atoms with van der Waals surface area (Å²) < 4.78 is 7.50. The Morgan fingerprint density at radius 3 is 0.744 bits per heavy atom.